The van der Waals surface area contributed by atoms with E-state index in [2.05, 4.69) is 0 Å². The van der Waals surface area contributed by atoms with Crippen molar-refractivity contribution in [2.24, 2.45) is 0 Å². The SMILES string of the molecule is CC(C)S(=O)CC(=O)c1c(F)cccc1F. The van der Waals surface area contributed by atoms with E-state index in [9.17, 15) is 17.8 Å². The number of rotatable bonds is 4. The largest absolute Gasteiger partial charge is 0.293 e. The third-order valence-corrected chi connectivity index (χ3v) is 3.64. The van der Waals surface area contributed by atoms with Gasteiger partial charge < -0.3 is 0 Å². The van der Waals surface area contributed by atoms with Crippen LogP contribution in [-0.4, -0.2) is 21.0 Å². The molecule has 0 fully saturated rings. The van der Waals surface area contributed by atoms with E-state index in [4.69, 9.17) is 0 Å². The molecule has 0 saturated carbocycles. The lowest BCUT2D eigenvalue weighted by molar-refractivity contribution is 0.101. The molecule has 1 unspecified atom stereocenters. The van der Waals surface area contributed by atoms with Crippen molar-refractivity contribution >= 4 is 16.6 Å². The Kier molecular flexibility index (Phi) is 4.29. The van der Waals surface area contributed by atoms with Gasteiger partial charge in [-0.05, 0) is 12.1 Å². The molecule has 1 atom stereocenters. The average molecular weight is 246 g/mol. The molecule has 0 saturated heterocycles. The first-order chi connectivity index (χ1) is 7.43. The van der Waals surface area contributed by atoms with Crippen LogP contribution in [0.25, 0.3) is 0 Å². The van der Waals surface area contributed by atoms with E-state index in [0.717, 1.165) is 12.1 Å². The number of carbonyl (C=O) groups is 1. The highest BCUT2D eigenvalue weighted by atomic mass is 32.2. The maximum Gasteiger partial charge on any atom is 0.181 e. The molecule has 16 heavy (non-hydrogen) atoms. The van der Waals surface area contributed by atoms with Crippen molar-refractivity contribution in [3.8, 4) is 0 Å². The summed E-state index contributed by atoms with van der Waals surface area (Å²) in [5.74, 6) is -2.94. The first-order valence-electron chi connectivity index (χ1n) is 4.78. The van der Waals surface area contributed by atoms with Gasteiger partial charge in [0, 0.05) is 16.0 Å². The zero-order chi connectivity index (χ0) is 12.3. The summed E-state index contributed by atoms with van der Waals surface area (Å²) in [7, 11) is -1.40. The lowest BCUT2D eigenvalue weighted by Gasteiger charge is -2.06. The third-order valence-electron chi connectivity index (χ3n) is 2.04. The van der Waals surface area contributed by atoms with Crippen LogP contribution in [0.1, 0.15) is 24.2 Å². The van der Waals surface area contributed by atoms with Crippen molar-refractivity contribution in [2.75, 3.05) is 5.75 Å². The van der Waals surface area contributed by atoms with Gasteiger partial charge in [0.2, 0.25) is 0 Å². The Morgan fingerprint density at radius 3 is 2.25 bits per heavy atom. The molecule has 0 bridgehead atoms. The summed E-state index contributed by atoms with van der Waals surface area (Å²) in [5, 5.41) is -0.209. The average Bonchev–Trinajstić information content (AvgIpc) is 2.16. The molecule has 1 aromatic carbocycles. The Morgan fingerprint density at radius 2 is 1.81 bits per heavy atom. The molecular weight excluding hydrogens is 234 g/mol. The number of benzene rings is 1. The van der Waals surface area contributed by atoms with Gasteiger partial charge in [0.05, 0.1) is 11.3 Å². The summed E-state index contributed by atoms with van der Waals surface area (Å²) in [6.07, 6.45) is 0. The summed E-state index contributed by atoms with van der Waals surface area (Å²) >= 11 is 0. The Hall–Kier alpha value is -1.10. The second-order valence-corrected chi connectivity index (χ2v) is 5.59. The highest BCUT2D eigenvalue weighted by Gasteiger charge is 2.20. The zero-order valence-corrected chi connectivity index (χ0v) is 9.81. The molecule has 5 heteroatoms. The lowest BCUT2D eigenvalue weighted by atomic mass is 10.1. The van der Waals surface area contributed by atoms with Crippen LogP contribution < -0.4 is 0 Å². The number of carbonyl (C=O) groups excluding carboxylic acids is 1. The maximum atomic E-state index is 13.2. The van der Waals surface area contributed by atoms with Crippen LogP contribution in [0.3, 0.4) is 0 Å². The summed E-state index contributed by atoms with van der Waals surface area (Å²) in [5.41, 5.74) is -0.600. The van der Waals surface area contributed by atoms with E-state index in [1.807, 2.05) is 0 Å². The normalized spacial score (nSPS) is 12.8. The van der Waals surface area contributed by atoms with Crippen LogP contribution in [0.15, 0.2) is 18.2 Å². The topological polar surface area (TPSA) is 34.1 Å². The van der Waals surface area contributed by atoms with Crippen LogP contribution in [-0.2, 0) is 10.8 Å². The van der Waals surface area contributed by atoms with Gasteiger partial charge in [-0.15, -0.1) is 0 Å². The van der Waals surface area contributed by atoms with Gasteiger partial charge in [0.1, 0.15) is 11.6 Å². The fourth-order valence-electron chi connectivity index (χ4n) is 1.13. The predicted molar refractivity (Wildman–Crippen MR) is 58.8 cm³/mol. The molecule has 88 valence electrons. The second kappa shape index (κ2) is 5.30. The molecule has 1 rings (SSSR count). The van der Waals surface area contributed by atoms with Crippen molar-refractivity contribution in [3.05, 3.63) is 35.4 Å². The second-order valence-electron chi connectivity index (χ2n) is 3.59. The van der Waals surface area contributed by atoms with Crippen molar-refractivity contribution in [2.45, 2.75) is 19.1 Å². The van der Waals surface area contributed by atoms with E-state index < -0.39 is 33.8 Å². The van der Waals surface area contributed by atoms with Gasteiger partial charge in [0.15, 0.2) is 5.78 Å². The van der Waals surface area contributed by atoms with Crippen LogP contribution in [0.5, 0.6) is 0 Å². The summed E-state index contributed by atoms with van der Waals surface area (Å²) < 4.78 is 37.8. The molecule has 1 aromatic rings. The van der Waals surface area contributed by atoms with Crippen molar-refractivity contribution in [1.29, 1.82) is 0 Å². The Morgan fingerprint density at radius 1 is 1.31 bits per heavy atom. The summed E-state index contributed by atoms with van der Waals surface area (Å²) in [6, 6.07) is 3.20. The van der Waals surface area contributed by atoms with E-state index in [-0.39, 0.29) is 11.0 Å². The van der Waals surface area contributed by atoms with Crippen LogP contribution in [0.4, 0.5) is 8.78 Å². The number of hydrogen-bond donors (Lipinski definition) is 0. The molecule has 0 amide bonds. The van der Waals surface area contributed by atoms with E-state index in [1.165, 1.54) is 6.07 Å². The maximum absolute atomic E-state index is 13.2. The Labute approximate surface area is 95.1 Å². The van der Waals surface area contributed by atoms with E-state index in [1.54, 1.807) is 13.8 Å². The van der Waals surface area contributed by atoms with Gasteiger partial charge in [-0.3, -0.25) is 9.00 Å². The van der Waals surface area contributed by atoms with Gasteiger partial charge in [0.25, 0.3) is 0 Å². The monoisotopic (exact) mass is 246 g/mol. The molecule has 0 aliphatic rings. The fraction of sp³-hybridized carbons (Fsp3) is 0.364. The van der Waals surface area contributed by atoms with Crippen molar-refractivity contribution < 1.29 is 17.8 Å². The number of ketones is 1. The molecule has 0 radical (unpaired) electrons. The van der Waals surface area contributed by atoms with Gasteiger partial charge in [-0.2, -0.15) is 0 Å². The number of hydrogen-bond acceptors (Lipinski definition) is 2. The highest BCUT2D eigenvalue weighted by Crippen LogP contribution is 2.13. The summed E-state index contributed by atoms with van der Waals surface area (Å²) in [6.45, 7) is 3.36. The Bertz CT molecular complexity index is 410. The minimum absolute atomic E-state index is 0.209. The molecule has 0 spiro atoms. The number of halogens is 2. The smallest absolute Gasteiger partial charge is 0.181 e. The van der Waals surface area contributed by atoms with Gasteiger partial charge in [-0.25, -0.2) is 8.78 Å². The van der Waals surface area contributed by atoms with Crippen LogP contribution in [0, 0.1) is 11.6 Å². The molecule has 2 nitrogen and oxygen atoms in total. The number of Topliss-reactive ketones (excluding diaryl/α,β-unsaturated/α-hetero) is 1. The van der Waals surface area contributed by atoms with Crippen LogP contribution >= 0.6 is 0 Å². The van der Waals surface area contributed by atoms with Crippen molar-refractivity contribution in [3.63, 3.8) is 0 Å². The Balaban J connectivity index is 2.93. The molecular formula is C11H12F2O2S. The van der Waals surface area contributed by atoms with E-state index in [0.29, 0.717) is 0 Å². The van der Waals surface area contributed by atoms with Gasteiger partial charge >= 0.3 is 0 Å². The first kappa shape index (κ1) is 13.0. The van der Waals surface area contributed by atoms with Crippen LogP contribution in [0.2, 0.25) is 0 Å². The quantitative estimate of drug-likeness (QED) is 0.764. The molecule has 0 aliphatic carbocycles. The molecule has 0 aromatic heterocycles. The standard InChI is InChI=1S/C11H12F2O2S/c1-7(2)16(15)6-10(14)11-8(12)4-3-5-9(11)13/h3-5,7H,6H2,1-2H3. The molecule has 0 N–H and O–H groups in total. The zero-order valence-electron chi connectivity index (χ0n) is 9.00. The van der Waals surface area contributed by atoms with Gasteiger partial charge in [-0.1, -0.05) is 19.9 Å². The third kappa shape index (κ3) is 2.95. The minimum atomic E-state index is -1.40. The predicted octanol–water partition coefficient (Wildman–Crippen LogP) is 2.30. The first-order valence-corrected chi connectivity index (χ1v) is 6.16. The molecule has 0 aliphatic heterocycles. The highest BCUT2D eigenvalue weighted by molar-refractivity contribution is 7.86. The molecule has 0 heterocycles. The minimum Gasteiger partial charge on any atom is -0.293 e. The lowest BCUT2D eigenvalue weighted by Crippen LogP contribution is -2.19. The summed E-state index contributed by atoms with van der Waals surface area (Å²) in [4.78, 5) is 11.5. The van der Waals surface area contributed by atoms with E-state index >= 15 is 0 Å². The van der Waals surface area contributed by atoms with Crippen molar-refractivity contribution in [1.82, 2.24) is 0 Å². The fourth-order valence-corrected chi connectivity index (χ4v) is 1.87.